The lowest BCUT2D eigenvalue weighted by Crippen LogP contribution is -2.17. The van der Waals surface area contributed by atoms with Crippen molar-refractivity contribution in [3.63, 3.8) is 0 Å². The molecule has 1 aliphatic rings. The van der Waals surface area contributed by atoms with Crippen molar-refractivity contribution < 1.29 is 0 Å². The number of nitrogens with one attached hydrogen (secondary N) is 1. The molecule has 1 N–H and O–H groups in total. The van der Waals surface area contributed by atoms with Crippen LogP contribution in [0.15, 0.2) is 23.2 Å². The van der Waals surface area contributed by atoms with Crippen molar-refractivity contribution in [2.75, 3.05) is 11.1 Å². The molecule has 0 saturated heterocycles. The Hall–Kier alpha value is -0.750. The molecule has 1 saturated carbocycles. The van der Waals surface area contributed by atoms with E-state index in [4.69, 9.17) is 0 Å². The second kappa shape index (κ2) is 5.71. The first-order valence-corrected chi connectivity index (χ1v) is 8.47. The molecule has 2 aromatic rings. The van der Waals surface area contributed by atoms with Gasteiger partial charge in [-0.05, 0) is 40.9 Å². The maximum absolute atomic E-state index is 4.52. The average Bonchev–Trinajstić information content (AvgIpc) is 2.98. The van der Waals surface area contributed by atoms with Crippen molar-refractivity contribution in [1.82, 2.24) is 14.4 Å². The number of aromatic nitrogens is 3. The van der Waals surface area contributed by atoms with Crippen molar-refractivity contribution in [2.45, 2.75) is 37.5 Å². The third-order valence-electron chi connectivity index (χ3n) is 3.47. The van der Waals surface area contributed by atoms with Crippen LogP contribution in [0.2, 0.25) is 0 Å². The molecule has 1 fully saturated rings. The van der Waals surface area contributed by atoms with Gasteiger partial charge >= 0.3 is 0 Å². The Morgan fingerprint density at radius 1 is 1.53 bits per heavy atom. The van der Waals surface area contributed by atoms with Gasteiger partial charge in [0.25, 0.3) is 0 Å². The monoisotopic (exact) mass is 340 g/mol. The van der Waals surface area contributed by atoms with E-state index >= 15 is 0 Å². The van der Waals surface area contributed by atoms with Crippen LogP contribution in [-0.4, -0.2) is 31.4 Å². The fourth-order valence-corrected chi connectivity index (χ4v) is 4.19. The number of thioether (sulfide) groups is 1. The minimum Gasteiger partial charge on any atom is -0.364 e. The summed E-state index contributed by atoms with van der Waals surface area (Å²) in [5, 5.41) is 4.36. The first-order chi connectivity index (χ1) is 9.26. The van der Waals surface area contributed by atoms with Crippen molar-refractivity contribution in [2.24, 2.45) is 0 Å². The van der Waals surface area contributed by atoms with Gasteiger partial charge in [0.05, 0.1) is 0 Å². The number of fused-ring (bicyclic) bond motifs is 1. The Balaban J connectivity index is 1.77. The number of imidazole rings is 1. The van der Waals surface area contributed by atoms with Crippen molar-refractivity contribution in [1.29, 1.82) is 0 Å². The zero-order valence-electron chi connectivity index (χ0n) is 10.8. The van der Waals surface area contributed by atoms with Crippen molar-refractivity contribution >= 4 is 39.2 Å². The van der Waals surface area contributed by atoms with Crippen LogP contribution in [0.5, 0.6) is 0 Å². The maximum Gasteiger partial charge on any atom is 0.180 e. The minimum absolute atomic E-state index is 0.520. The van der Waals surface area contributed by atoms with Gasteiger partial charge in [-0.1, -0.05) is 6.92 Å². The molecule has 2 heterocycles. The van der Waals surface area contributed by atoms with Crippen molar-refractivity contribution in [3.05, 3.63) is 23.2 Å². The summed E-state index contributed by atoms with van der Waals surface area (Å²) in [6.07, 6.45) is 9.42. The maximum atomic E-state index is 4.52. The molecule has 2 atom stereocenters. The summed E-state index contributed by atoms with van der Waals surface area (Å²) in [7, 11) is 0. The zero-order valence-corrected chi connectivity index (χ0v) is 13.2. The molecular weight excluding hydrogens is 324 g/mol. The Morgan fingerprint density at radius 2 is 2.42 bits per heavy atom. The van der Waals surface area contributed by atoms with Gasteiger partial charge < -0.3 is 9.72 Å². The summed E-state index contributed by atoms with van der Waals surface area (Å²) >= 11 is 5.52. The quantitative estimate of drug-likeness (QED) is 0.923. The number of rotatable bonds is 4. The Bertz CT molecular complexity index is 571. The van der Waals surface area contributed by atoms with E-state index in [0.29, 0.717) is 6.04 Å². The highest BCUT2D eigenvalue weighted by Gasteiger charge is 2.25. The van der Waals surface area contributed by atoms with Crippen LogP contribution in [0, 0.1) is 0 Å². The van der Waals surface area contributed by atoms with Gasteiger partial charge in [0.2, 0.25) is 0 Å². The summed E-state index contributed by atoms with van der Waals surface area (Å²) in [5.74, 6) is 2.09. The second-order valence-electron chi connectivity index (χ2n) is 4.80. The molecule has 0 spiro atoms. The molecule has 2 unspecified atom stereocenters. The average molecular weight is 341 g/mol. The lowest BCUT2D eigenvalue weighted by atomic mass is 10.2. The highest BCUT2D eigenvalue weighted by Crippen LogP contribution is 2.32. The van der Waals surface area contributed by atoms with Gasteiger partial charge in [0.1, 0.15) is 4.60 Å². The number of nitrogens with zero attached hydrogens (tertiary/aromatic N) is 3. The molecule has 3 rings (SSSR count). The summed E-state index contributed by atoms with van der Waals surface area (Å²) in [4.78, 5) is 8.89. The van der Waals surface area contributed by atoms with Gasteiger partial charge in [-0.15, -0.1) is 0 Å². The molecule has 2 aromatic heterocycles. The summed E-state index contributed by atoms with van der Waals surface area (Å²) in [6.45, 7) is 2.23. The molecule has 19 heavy (non-hydrogen) atoms. The van der Waals surface area contributed by atoms with Gasteiger partial charge in [-0.25, -0.2) is 9.97 Å². The van der Waals surface area contributed by atoms with Crippen LogP contribution in [0.4, 0.5) is 5.82 Å². The van der Waals surface area contributed by atoms with Gasteiger partial charge in [-0.2, -0.15) is 11.8 Å². The Labute approximate surface area is 125 Å². The lowest BCUT2D eigenvalue weighted by Gasteiger charge is -2.14. The van der Waals surface area contributed by atoms with E-state index in [1.54, 1.807) is 6.20 Å². The molecular formula is C13H17BrN4S. The SMILES string of the molecule is CCSC1CCC(Nc2nc(Br)cn3ccnc23)C1. The number of anilines is 1. The van der Waals surface area contributed by atoms with E-state index in [9.17, 15) is 0 Å². The lowest BCUT2D eigenvalue weighted by molar-refractivity contribution is 0.751. The van der Waals surface area contributed by atoms with Gasteiger partial charge in [-0.3, -0.25) is 0 Å². The van der Waals surface area contributed by atoms with Gasteiger partial charge in [0.15, 0.2) is 11.5 Å². The van der Waals surface area contributed by atoms with Crippen LogP contribution < -0.4 is 5.32 Å². The summed E-state index contributed by atoms with van der Waals surface area (Å²) < 4.78 is 2.82. The molecule has 1 aliphatic carbocycles. The zero-order chi connectivity index (χ0) is 13.2. The van der Waals surface area contributed by atoms with E-state index in [-0.39, 0.29) is 0 Å². The largest absolute Gasteiger partial charge is 0.364 e. The van der Waals surface area contributed by atoms with E-state index in [0.717, 1.165) is 21.3 Å². The summed E-state index contributed by atoms with van der Waals surface area (Å²) in [5.41, 5.74) is 0.898. The van der Waals surface area contributed by atoms with Crippen LogP contribution in [0.25, 0.3) is 5.65 Å². The van der Waals surface area contributed by atoms with E-state index in [1.807, 2.05) is 16.8 Å². The normalized spacial score (nSPS) is 23.1. The first kappa shape index (κ1) is 13.2. The van der Waals surface area contributed by atoms with E-state index in [2.05, 4.69) is 49.9 Å². The highest BCUT2D eigenvalue weighted by atomic mass is 79.9. The molecule has 0 bridgehead atoms. The second-order valence-corrected chi connectivity index (χ2v) is 7.19. The standard InChI is InChI=1S/C13H17BrN4S/c1-2-19-10-4-3-9(7-10)16-12-13-15-5-6-18(13)8-11(14)17-12/h5-6,8-10H,2-4,7H2,1H3,(H,16,17). The predicted octanol–water partition coefficient (Wildman–Crippen LogP) is 3.58. The molecule has 0 aromatic carbocycles. The summed E-state index contributed by atoms with van der Waals surface area (Å²) in [6, 6.07) is 0.520. The van der Waals surface area contributed by atoms with E-state index < -0.39 is 0 Å². The fourth-order valence-electron chi connectivity index (χ4n) is 2.65. The minimum atomic E-state index is 0.520. The molecule has 102 valence electrons. The number of hydrogen-bond donors (Lipinski definition) is 1. The number of hydrogen-bond acceptors (Lipinski definition) is 4. The molecule has 0 radical (unpaired) electrons. The Kier molecular flexibility index (Phi) is 3.98. The molecule has 4 nitrogen and oxygen atoms in total. The topological polar surface area (TPSA) is 42.2 Å². The molecule has 0 amide bonds. The smallest absolute Gasteiger partial charge is 0.180 e. The van der Waals surface area contributed by atoms with Crippen molar-refractivity contribution in [3.8, 4) is 0 Å². The van der Waals surface area contributed by atoms with Crippen LogP contribution in [0.1, 0.15) is 26.2 Å². The third kappa shape index (κ3) is 2.89. The van der Waals surface area contributed by atoms with Crippen LogP contribution >= 0.6 is 27.7 Å². The first-order valence-electron chi connectivity index (χ1n) is 6.63. The highest BCUT2D eigenvalue weighted by molar-refractivity contribution is 9.10. The molecule has 0 aliphatic heterocycles. The third-order valence-corrected chi connectivity index (χ3v) is 5.09. The van der Waals surface area contributed by atoms with Crippen LogP contribution in [0.3, 0.4) is 0 Å². The predicted molar refractivity (Wildman–Crippen MR) is 83.9 cm³/mol. The Morgan fingerprint density at radius 3 is 3.26 bits per heavy atom. The van der Waals surface area contributed by atoms with E-state index in [1.165, 1.54) is 25.0 Å². The van der Waals surface area contributed by atoms with Gasteiger partial charge in [0, 0.05) is 29.9 Å². The number of halogens is 1. The van der Waals surface area contributed by atoms with Crippen LogP contribution in [-0.2, 0) is 0 Å². The molecule has 6 heteroatoms. The fraction of sp³-hybridized carbons (Fsp3) is 0.538.